The maximum atomic E-state index is 3.20. The molecule has 0 saturated heterocycles. The molecule has 1 aliphatic heterocycles. The Balaban J connectivity index is 2.73. The van der Waals surface area contributed by atoms with Crippen molar-refractivity contribution in [3.8, 4) is 0 Å². The molecule has 1 rings (SSSR count). The van der Waals surface area contributed by atoms with Gasteiger partial charge in [-0.15, -0.1) is 0 Å². The summed E-state index contributed by atoms with van der Waals surface area (Å²) in [5.74, 6) is 0. The Labute approximate surface area is 50.8 Å². The minimum Gasteiger partial charge on any atom is -0.390 e. The van der Waals surface area contributed by atoms with Crippen molar-refractivity contribution in [2.75, 3.05) is 6.54 Å². The average molecular weight is 111 g/mol. The summed E-state index contributed by atoms with van der Waals surface area (Å²) in [6.07, 6.45) is 2.10. The summed E-state index contributed by atoms with van der Waals surface area (Å²) in [7, 11) is 0. The third kappa shape index (κ3) is 0.726. The van der Waals surface area contributed by atoms with E-state index in [1.165, 1.54) is 5.57 Å². The highest BCUT2D eigenvalue weighted by atomic mass is 14.9. The van der Waals surface area contributed by atoms with Crippen molar-refractivity contribution in [3.63, 3.8) is 0 Å². The van der Waals surface area contributed by atoms with Crippen LogP contribution in [0.15, 0.2) is 11.8 Å². The molecule has 1 heterocycles. The molecule has 0 amide bonds. The van der Waals surface area contributed by atoms with Crippen LogP contribution in [0.4, 0.5) is 0 Å². The predicted octanol–water partition coefficient (Wildman–Crippen LogP) is 1.52. The molecule has 0 aromatic carbocycles. The third-order valence-electron chi connectivity index (χ3n) is 1.93. The molecule has 0 aliphatic carbocycles. The summed E-state index contributed by atoms with van der Waals surface area (Å²) in [5, 5.41) is 3.20. The van der Waals surface area contributed by atoms with Gasteiger partial charge < -0.3 is 5.32 Å². The molecule has 0 saturated carbocycles. The summed E-state index contributed by atoms with van der Waals surface area (Å²) in [5.41, 5.74) is 1.86. The van der Waals surface area contributed by atoms with Gasteiger partial charge in [-0.05, 0) is 13.1 Å². The van der Waals surface area contributed by atoms with E-state index in [1.54, 1.807) is 0 Å². The molecule has 46 valence electrons. The van der Waals surface area contributed by atoms with E-state index >= 15 is 0 Å². The second kappa shape index (κ2) is 1.51. The van der Waals surface area contributed by atoms with E-state index in [4.69, 9.17) is 0 Å². The smallest absolute Gasteiger partial charge is 0.0230 e. The monoisotopic (exact) mass is 111 g/mol. The SMILES string of the molecule is CC1=CNCC1(C)C. The van der Waals surface area contributed by atoms with Crippen LogP contribution in [-0.2, 0) is 0 Å². The Hall–Kier alpha value is -0.460. The molecule has 1 N–H and O–H groups in total. The molecule has 0 unspecified atom stereocenters. The Morgan fingerprint density at radius 3 is 2.38 bits per heavy atom. The van der Waals surface area contributed by atoms with E-state index in [-0.39, 0.29) is 0 Å². The number of rotatable bonds is 0. The van der Waals surface area contributed by atoms with Crippen LogP contribution < -0.4 is 5.32 Å². The summed E-state index contributed by atoms with van der Waals surface area (Å²) < 4.78 is 0. The normalized spacial score (nSPS) is 24.6. The van der Waals surface area contributed by atoms with Crippen molar-refractivity contribution < 1.29 is 0 Å². The lowest BCUT2D eigenvalue weighted by Crippen LogP contribution is -2.18. The van der Waals surface area contributed by atoms with E-state index in [0.29, 0.717) is 5.41 Å². The molecule has 0 radical (unpaired) electrons. The molecule has 0 bridgehead atoms. The van der Waals surface area contributed by atoms with Gasteiger partial charge in [0.15, 0.2) is 0 Å². The first kappa shape index (κ1) is 5.67. The van der Waals surface area contributed by atoms with Crippen molar-refractivity contribution in [3.05, 3.63) is 11.8 Å². The van der Waals surface area contributed by atoms with Gasteiger partial charge in [0.1, 0.15) is 0 Å². The standard InChI is InChI=1S/C7H13N/c1-6-4-8-5-7(6,2)3/h4,8H,5H2,1-3H3. The fourth-order valence-electron chi connectivity index (χ4n) is 0.794. The Morgan fingerprint density at radius 1 is 1.62 bits per heavy atom. The van der Waals surface area contributed by atoms with Gasteiger partial charge in [0, 0.05) is 12.0 Å². The van der Waals surface area contributed by atoms with Gasteiger partial charge in [0.05, 0.1) is 0 Å². The van der Waals surface area contributed by atoms with Crippen molar-refractivity contribution in [1.29, 1.82) is 0 Å². The van der Waals surface area contributed by atoms with E-state index < -0.39 is 0 Å². The van der Waals surface area contributed by atoms with Crippen molar-refractivity contribution in [2.45, 2.75) is 20.8 Å². The highest BCUT2D eigenvalue weighted by Gasteiger charge is 2.22. The maximum Gasteiger partial charge on any atom is 0.0230 e. The highest BCUT2D eigenvalue weighted by Crippen LogP contribution is 2.27. The average Bonchev–Trinajstić information content (AvgIpc) is 1.86. The Bertz CT molecular complexity index is 122. The van der Waals surface area contributed by atoms with Crippen LogP contribution in [0.5, 0.6) is 0 Å². The first-order valence-electron chi connectivity index (χ1n) is 3.03. The zero-order valence-electron chi connectivity index (χ0n) is 5.78. The molecule has 1 aliphatic rings. The van der Waals surface area contributed by atoms with Gasteiger partial charge in [0.2, 0.25) is 0 Å². The van der Waals surface area contributed by atoms with Crippen molar-refractivity contribution >= 4 is 0 Å². The van der Waals surface area contributed by atoms with Gasteiger partial charge >= 0.3 is 0 Å². The highest BCUT2D eigenvalue weighted by molar-refractivity contribution is 5.14. The summed E-state index contributed by atoms with van der Waals surface area (Å²) in [6, 6.07) is 0. The lowest BCUT2D eigenvalue weighted by Gasteiger charge is -2.17. The third-order valence-corrected chi connectivity index (χ3v) is 1.93. The molecule has 1 nitrogen and oxygen atoms in total. The lowest BCUT2D eigenvalue weighted by molar-refractivity contribution is 0.469. The van der Waals surface area contributed by atoms with Crippen LogP contribution in [0.1, 0.15) is 20.8 Å². The lowest BCUT2D eigenvalue weighted by atomic mass is 9.88. The quantitative estimate of drug-likeness (QED) is 0.499. The minimum absolute atomic E-state index is 0.403. The van der Waals surface area contributed by atoms with E-state index in [9.17, 15) is 0 Å². The number of hydrogen-bond acceptors (Lipinski definition) is 1. The zero-order valence-corrected chi connectivity index (χ0v) is 5.78. The summed E-state index contributed by atoms with van der Waals surface area (Å²) >= 11 is 0. The summed E-state index contributed by atoms with van der Waals surface area (Å²) in [6.45, 7) is 7.76. The second-order valence-electron chi connectivity index (χ2n) is 3.09. The van der Waals surface area contributed by atoms with Crippen molar-refractivity contribution in [2.24, 2.45) is 5.41 Å². The molecule has 0 atom stereocenters. The van der Waals surface area contributed by atoms with Gasteiger partial charge in [-0.3, -0.25) is 0 Å². The Morgan fingerprint density at radius 2 is 2.25 bits per heavy atom. The van der Waals surface area contributed by atoms with E-state index in [2.05, 4.69) is 32.3 Å². The second-order valence-corrected chi connectivity index (χ2v) is 3.09. The predicted molar refractivity (Wildman–Crippen MR) is 35.5 cm³/mol. The van der Waals surface area contributed by atoms with Crippen LogP contribution in [0.2, 0.25) is 0 Å². The molecule has 8 heavy (non-hydrogen) atoms. The number of hydrogen-bond donors (Lipinski definition) is 1. The van der Waals surface area contributed by atoms with Gasteiger partial charge in [-0.2, -0.15) is 0 Å². The fraction of sp³-hybridized carbons (Fsp3) is 0.714. The molecule has 0 spiro atoms. The minimum atomic E-state index is 0.403. The van der Waals surface area contributed by atoms with Crippen LogP contribution in [0, 0.1) is 5.41 Å². The maximum absolute atomic E-state index is 3.20. The first-order valence-corrected chi connectivity index (χ1v) is 3.03. The molecule has 0 aromatic rings. The molecular weight excluding hydrogens is 98.1 g/mol. The molecular formula is C7H13N. The topological polar surface area (TPSA) is 12.0 Å². The van der Waals surface area contributed by atoms with Crippen LogP contribution >= 0.6 is 0 Å². The molecule has 0 fully saturated rings. The van der Waals surface area contributed by atoms with Crippen LogP contribution in [0.25, 0.3) is 0 Å². The summed E-state index contributed by atoms with van der Waals surface area (Å²) in [4.78, 5) is 0. The van der Waals surface area contributed by atoms with Crippen LogP contribution in [0.3, 0.4) is 0 Å². The zero-order chi connectivity index (χ0) is 6.20. The van der Waals surface area contributed by atoms with Gasteiger partial charge in [0.25, 0.3) is 0 Å². The fourth-order valence-corrected chi connectivity index (χ4v) is 0.794. The van der Waals surface area contributed by atoms with Gasteiger partial charge in [-0.1, -0.05) is 19.4 Å². The van der Waals surface area contributed by atoms with Crippen LogP contribution in [-0.4, -0.2) is 6.54 Å². The molecule has 0 aromatic heterocycles. The molecule has 1 heteroatoms. The Kier molecular flexibility index (Phi) is 1.07. The van der Waals surface area contributed by atoms with Crippen molar-refractivity contribution in [1.82, 2.24) is 5.32 Å². The van der Waals surface area contributed by atoms with Gasteiger partial charge in [-0.25, -0.2) is 0 Å². The first-order chi connectivity index (χ1) is 3.63. The number of nitrogens with one attached hydrogen (secondary N) is 1. The van der Waals surface area contributed by atoms with E-state index in [1.807, 2.05) is 0 Å². The largest absolute Gasteiger partial charge is 0.390 e. The van der Waals surface area contributed by atoms with E-state index in [0.717, 1.165) is 6.54 Å².